The lowest BCUT2D eigenvalue weighted by Gasteiger charge is -2.18. The molecule has 2 atom stereocenters. The fourth-order valence-electron chi connectivity index (χ4n) is 1.57. The Labute approximate surface area is 100 Å². The number of hydrogen-bond donors (Lipinski definition) is 1. The van der Waals surface area contributed by atoms with Crippen LogP contribution in [0.5, 0.6) is 0 Å². The number of carbonyl (C=O) groups excluding carboxylic acids is 1. The van der Waals surface area contributed by atoms with E-state index in [9.17, 15) is 9.18 Å². The minimum atomic E-state index is -0.969. The Balaban J connectivity index is 2.01. The van der Waals surface area contributed by atoms with E-state index in [-0.39, 0.29) is 11.3 Å². The van der Waals surface area contributed by atoms with Crippen molar-refractivity contribution in [2.75, 3.05) is 5.32 Å². The maximum absolute atomic E-state index is 12.7. The highest BCUT2D eigenvalue weighted by molar-refractivity contribution is 5.93. The third kappa shape index (κ3) is 2.81. The van der Waals surface area contributed by atoms with Gasteiger partial charge >= 0.3 is 0 Å². The number of alkyl halides is 1. The number of aromatic nitrogens is 1. The summed E-state index contributed by atoms with van der Waals surface area (Å²) in [6, 6.07) is 3.69. The Morgan fingerprint density at radius 2 is 2.12 bits per heavy atom. The molecule has 1 saturated carbocycles. The van der Waals surface area contributed by atoms with E-state index in [0.29, 0.717) is 12.2 Å². The summed E-state index contributed by atoms with van der Waals surface area (Å²) in [6.45, 7) is 6.29. The van der Waals surface area contributed by atoms with E-state index in [2.05, 4.69) is 31.1 Å². The van der Waals surface area contributed by atoms with Crippen LogP contribution >= 0.6 is 0 Å². The number of carbonyl (C=O) groups is 1. The molecule has 92 valence electrons. The zero-order valence-electron chi connectivity index (χ0n) is 10.3. The van der Waals surface area contributed by atoms with Crippen LogP contribution in [0.4, 0.5) is 10.2 Å². The molecule has 4 heteroatoms. The molecule has 3 nitrogen and oxygen atoms in total. The molecule has 2 unspecified atom stereocenters. The molecule has 1 fully saturated rings. The predicted molar refractivity (Wildman–Crippen MR) is 64.6 cm³/mol. The summed E-state index contributed by atoms with van der Waals surface area (Å²) in [5, 5.41) is 2.62. The first-order valence-corrected chi connectivity index (χ1v) is 5.79. The normalized spacial score (nSPS) is 23.3. The largest absolute Gasteiger partial charge is 0.310 e. The number of hydrogen-bond acceptors (Lipinski definition) is 2. The molecule has 1 aliphatic rings. The van der Waals surface area contributed by atoms with E-state index < -0.39 is 12.1 Å². The van der Waals surface area contributed by atoms with Crippen molar-refractivity contribution in [3.05, 3.63) is 23.9 Å². The molecule has 2 rings (SSSR count). The van der Waals surface area contributed by atoms with Crippen LogP contribution in [0.2, 0.25) is 0 Å². The van der Waals surface area contributed by atoms with Crippen molar-refractivity contribution >= 4 is 11.7 Å². The van der Waals surface area contributed by atoms with Crippen molar-refractivity contribution in [1.82, 2.24) is 4.98 Å². The molecular formula is C13H17FN2O. The number of nitrogens with one attached hydrogen (secondary N) is 1. The SMILES string of the molecule is CC(C)(C)c1ccc(NC(=O)C2CC2F)nc1. The zero-order valence-corrected chi connectivity index (χ0v) is 10.3. The third-order valence-corrected chi connectivity index (χ3v) is 2.93. The van der Waals surface area contributed by atoms with Crippen LogP contribution < -0.4 is 5.32 Å². The first-order valence-electron chi connectivity index (χ1n) is 5.79. The minimum absolute atomic E-state index is 0.0378. The van der Waals surface area contributed by atoms with E-state index in [0.717, 1.165) is 5.56 Å². The van der Waals surface area contributed by atoms with Crippen LogP contribution in [0, 0.1) is 5.92 Å². The van der Waals surface area contributed by atoms with Crippen LogP contribution in [0.3, 0.4) is 0 Å². The van der Waals surface area contributed by atoms with Crippen LogP contribution in [-0.4, -0.2) is 17.1 Å². The number of nitrogens with zero attached hydrogens (tertiary/aromatic N) is 1. The second kappa shape index (κ2) is 4.09. The fourth-order valence-corrected chi connectivity index (χ4v) is 1.57. The number of halogens is 1. The average Bonchev–Trinajstić information content (AvgIpc) is 2.95. The number of pyridine rings is 1. The van der Waals surface area contributed by atoms with Gasteiger partial charge in [-0.2, -0.15) is 0 Å². The number of rotatable bonds is 2. The highest BCUT2D eigenvalue weighted by Gasteiger charge is 2.43. The van der Waals surface area contributed by atoms with Gasteiger partial charge in [-0.25, -0.2) is 9.37 Å². The van der Waals surface area contributed by atoms with Gasteiger partial charge in [0.2, 0.25) is 5.91 Å². The molecule has 0 saturated heterocycles. The first-order chi connectivity index (χ1) is 7.88. The molecule has 0 radical (unpaired) electrons. The van der Waals surface area contributed by atoms with Gasteiger partial charge in [-0.3, -0.25) is 4.79 Å². The molecule has 1 heterocycles. The monoisotopic (exact) mass is 236 g/mol. The van der Waals surface area contributed by atoms with Crippen molar-refractivity contribution in [3.8, 4) is 0 Å². The second-order valence-corrected chi connectivity index (χ2v) is 5.53. The van der Waals surface area contributed by atoms with Gasteiger partial charge < -0.3 is 5.32 Å². The Morgan fingerprint density at radius 3 is 2.53 bits per heavy atom. The molecule has 1 N–H and O–H groups in total. The lowest BCUT2D eigenvalue weighted by atomic mass is 9.88. The Hall–Kier alpha value is -1.45. The summed E-state index contributed by atoms with van der Waals surface area (Å²) in [4.78, 5) is 15.6. The van der Waals surface area contributed by atoms with Gasteiger partial charge in [0.1, 0.15) is 12.0 Å². The van der Waals surface area contributed by atoms with Gasteiger partial charge in [-0.05, 0) is 23.5 Å². The number of amides is 1. The van der Waals surface area contributed by atoms with E-state index in [1.807, 2.05) is 6.07 Å². The smallest absolute Gasteiger partial charge is 0.231 e. The highest BCUT2D eigenvalue weighted by Crippen LogP contribution is 2.34. The molecule has 0 aliphatic heterocycles. The molecule has 1 aromatic heterocycles. The quantitative estimate of drug-likeness (QED) is 0.857. The maximum atomic E-state index is 12.7. The predicted octanol–water partition coefficient (Wildman–Crippen LogP) is 2.68. The summed E-state index contributed by atoms with van der Waals surface area (Å²) in [7, 11) is 0. The second-order valence-electron chi connectivity index (χ2n) is 5.53. The molecule has 1 amide bonds. The van der Waals surface area contributed by atoms with Gasteiger partial charge in [-0.15, -0.1) is 0 Å². The van der Waals surface area contributed by atoms with Crippen LogP contribution in [0.25, 0.3) is 0 Å². The zero-order chi connectivity index (χ0) is 12.6. The van der Waals surface area contributed by atoms with Crippen molar-refractivity contribution in [1.29, 1.82) is 0 Å². The van der Waals surface area contributed by atoms with Crippen molar-refractivity contribution in [3.63, 3.8) is 0 Å². The van der Waals surface area contributed by atoms with Crippen LogP contribution in [0.1, 0.15) is 32.8 Å². The molecule has 1 aromatic rings. The van der Waals surface area contributed by atoms with E-state index >= 15 is 0 Å². The third-order valence-electron chi connectivity index (χ3n) is 2.93. The molecular weight excluding hydrogens is 219 g/mol. The van der Waals surface area contributed by atoms with Crippen molar-refractivity contribution in [2.45, 2.75) is 38.8 Å². The Morgan fingerprint density at radius 1 is 1.47 bits per heavy atom. The topological polar surface area (TPSA) is 42.0 Å². The molecule has 1 aliphatic carbocycles. The van der Waals surface area contributed by atoms with E-state index in [1.165, 1.54) is 0 Å². The summed E-state index contributed by atoms with van der Waals surface area (Å²) in [5.41, 5.74) is 1.14. The van der Waals surface area contributed by atoms with Gasteiger partial charge in [0, 0.05) is 6.20 Å². The molecule has 17 heavy (non-hydrogen) atoms. The van der Waals surface area contributed by atoms with Gasteiger partial charge in [0.05, 0.1) is 5.92 Å². The lowest BCUT2D eigenvalue weighted by Crippen LogP contribution is -2.17. The van der Waals surface area contributed by atoms with Gasteiger partial charge in [0.25, 0.3) is 0 Å². The summed E-state index contributed by atoms with van der Waals surface area (Å²) < 4.78 is 12.7. The Bertz CT molecular complexity index is 422. The van der Waals surface area contributed by atoms with E-state index in [1.54, 1.807) is 12.3 Å². The van der Waals surface area contributed by atoms with Crippen LogP contribution in [0.15, 0.2) is 18.3 Å². The van der Waals surface area contributed by atoms with E-state index in [4.69, 9.17) is 0 Å². The number of anilines is 1. The molecule has 0 bridgehead atoms. The molecule has 0 aromatic carbocycles. The highest BCUT2D eigenvalue weighted by atomic mass is 19.1. The minimum Gasteiger partial charge on any atom is -0.310 e. The van der Waals surface area contributed by atoms with Crippen molar-refractivity contribution < 1.29 is 9.18 Å². The maximum Gasteiger partial charge on any atom is 0.231 e. The average molecular weight is 236 g/mol. The standard InChI is InChI=1S/C13H17FN2O/c1-13(2,3)8-4-5-11(15-7-8)16-12(17)9-6-10(9)14/h4-5,7,9-10H,6H2,1-3H3,(H,15,16,17). The van der Waals surface area contributed by atoms with Crippen LogP contribution in [-0.2, 0) is 10.2 Å². The molecule has 0 spiro atoms. The summed E-state index contributed by atoms with van der Waals surface area (Å²) in [6.07, 6.45) is 1.12. The summed E-state index contributed by atoms with van der Waals surface area (Å²) >= 11 is 0. The lowest BCUT2D eigenvalue weighted by molar-refractivity contribution is -0.117. The van der Waals surface area contributed by atoms with Crippen molar-refractivity contribution in [2.24, 2.45) is 5.92 Å². The Kier molecular flexibility index (Phi) is 2.89. The first kappa shape index (κ1) is 12.0. The summed E-state index contributed by atoms with van der Waals surface area (Å²) in [5.74, 6) is -0.255. The fraction of sp³-hybridized carbons (Fsp3) is 0.538. The van der Waals surface area contributed by atoms with Gasteiger partial charge in [-0.1, -0.05) is 26.8 Å². The van der Waals surface area contributed by atoms with Gasteiger partial charge in [0.15, 0.2) is 0 Å².